The molecule has 0 atom stereocenters. The summed E-state index contributed by atoms with van der Waals surface area (Å²) in [6.07, 6.45) is 8.28. The number of rotatable bonds is 3. The summed E-state index contributed by atoms with van der Waals surface area (Å²) < 4.78 is 0. The average molecular weight is 213 g/mol. The van der Waals surface area contributed by atoms with Crippen LogP contribution in [-0.2, 0) is 0 Å². The summed E-state index contributed by atoms with van der Waals surface area (Å²) in [6, 6.07) is 3.53. The molecule has 0 amide bonds. The molecule has 1 aliphatic heterocycles. The predicted molar refractivity (Wildman–Crippen MR) is 61.0 cm³/mol. The predicted octanol–water partition coefficient (Wildman–Crippen LogP) is 0.579. The molecule has 0 fully saturated rings. The van der Waals surface area contributed by atoms with E-state index in [2.05, 4.69) is 15.6 Å². The Labute approximate surface area is 94.1 Å². The van der Waals surface area contributed by atoms with Gasteiger partial charge in [0, 0.05) is 12.7 Å². The second kappa shape index (κ2) is 6.86. The maximum Gasteiger partial charge on any atom is 0.195 e. The molecule has 0 aliphatic carbocycles. The molecule has 0 bridgehead atoms. The molecule has 0 unspecified atom stereocenters. The highest BCUT2D eigenvalue weighted by Gasteiger charge is 1.99. The number of allylic oxidation sites excluding steroid dienone is 5. The fourth-order valence-electron chi connectivity index (χ4n) is 0.993. The van der Waals surface area contributed by atoms with E-state index in [0.29, 0.717) is 0 Å². The third-order valence-corrected chi connectivity index (χ3v) is 1.72. The number of nitrogens with zero attached hydrogens (tertiary/aromatic N) is 3. The third-order valence-electron chi connectivity index (χ3n) is 1.72. The van der Waals surface area contributed by atoms with Crippen LogP contribution >= 0.6 is 0 Å². The van der Waals surface area contributed by atoms with Crippen molar-refractivity contribution in [1.82, 2.24) is 10.6 Å². The van der Waals surface area contributed by atoms with E-state index >= 15 is 0 Å². The number of guanidine groups is 1. The van der Waals surface area contributed by atoms with Crippen LogP contribution in [0.4, 0.5) is 0 Å². The molecule has 0 spiro atoms. The van der Waals surface area contributed by atoms with Crippen molar-refractivity contribution in [3.63, 3.8) is 0 Å². The Kier molecular flexibility index (Phi) is 4.95. The van der Waals surface area contributed by atoms with Crippen LogP contribution in [0.1, 0.15) is 0 Å². The number of aliphatic imine (C=N–C) groups is 1. The van der Waals surface area contributed by atoms with Crippen molar-refractivity contribution in [1.29, 1.82) is 10.5 Å². The Morgan fingerprint density at radius 1 is 1.31 bits per heavy atom. The monoisotopic (exact) mass is 213 g/mol. The van der Waals surface area contributed by atoms with Crippen molar-refractivity contribution < 1.29 is 0 Å². The van der Waals surface area contributed by atoms with Gasteiger partial charge in [-0.05, 0) is 12.2 Å². The zero-order valence-electron chi connectivity index (χ0n) is 8.64. The third kappa shape index (κ3) is 4.12. The minimum atomic E-state index is 0.0828. The summed E-state index contributed by atoms with van der Waals surface area (Å²) in [5.74, 6) is 0.759. The molecule has 0 radical (unpaired) electrons. The second-order valence-corrected chi connectivity index (χ2v) is 2.85. The van der Waals surface area contributed by atoms with Gasteiger partial charge in [0.15, 0.2) is 5.96 Å². The van der Waals surface area contributed by atoms with Gasteiger partial charge in [-0.1, -0.05) is 12.2 Å². The first kappa shape index (κ1) is 11.5. The van der Waals surface area contributed by atoms with Crippen molar-refractivity contribution in [3.8, 4) is 12.1 Å². The smallest absolute Gasteiger partial charge is 0.195 e. The van der Waals surface area contributed by atoms with Crippen molar-refractivity contribution in [2.24, 2.45) is 4.99 Å². The fraction of sp³-hybridized carbons (Fsp3) is 0.182. The molecule has 0 aromatic carbocycles. The van der Waals surface area contributed by atoms with Gasteiger partial charge >= 0.3 is 0 Å². The van der Waals surface area contributed by atoms with Crippen LogP contribution in [0.15, 0.2) is 41.1 Å². The van der Waals surface area contributed by atoms with Gasteiger partial charge in [0.2, 0.25) is 0 Å². The van der Waals surface area contributed by atoms with E-state index in [1.807, 2.05) is 0 Å². The zero-order valence-corrected chi connectivity index (χ0v) is 8.64. The summed E-state index contributed by atoms with van der Waals surface area (Å²) in [5, 5.41) is 22.9. The molecular formula is C11H11N5. The largest absolute Gasteiger partial charge is 0.354 e. The summed E-state index contributed by atoms with van der Waals surface area (Å²) in [5.41, 5.74) is 0.0828. The van der Waals surface area contributed by atoms with Crippen molar-refractivity contribution in [2.75, 3.05) is 13.1 Å². The minimum absolute atomic E-state index is 0.0828. The molecule has 1 aliphatic rings. The van der Waals surface area contributed by atoms with Crippen LogP contribution in [-0.4, -0.2) is 19.0 Å². The molecule has 1 rings (SSSR count). The van der Waals surface area contributed by atoms with Crippen LogP contribution in [0, 0.1) is 22.7 Å². The molecule has 2 N–H and O–H groups in total. The summed E-state index contributed by atoms with van der Waals surface area (Å²) >= 11 is 0. The SMILES string of the molecule is N#CC(C#N)=C/C=C/C=C/NC1=NCCN1. The van der Waals surface area contributed by atoms with Crippen LogP contribution < -0.4 is 10.6 Å². The number of hydrogen-bond donors (Lipinski definition) is 2. The van der Waals surface area contributed by atoms with Gasteiger partial charge in [0.1, 0.15) is 17.7 Å². The molecule has 5 nitrogen and oxygen atoms in total. The average Bonchev–Trinajstić information content (AvgIpc) is 2.81. The Hall–Kier alpha value is -2.53. The highest BCUT2D eigenvalue weighted by Crippen LogP contribution is 1.89. The van der Waals surface area contributed by atoms with E-state index in [0.717, 1.165) is 19.0 Å². The molecule has 16 heavy (non-hydrogen) atoms. The first-order chi connectivity index (χ1) is 7.86. The highest BCUT2D eigenvalue weighted by molar-refractivity contribution is 5.82. The number of nitrogens with one attached hydrogen (secondary N) is 2. The standard InChI is InChI=1S/C11H11N5/c12-8-10(9-13)4-2-1-3-5-14-11-15-6-7-16-11/h1-5H,6-7H2,(H2,14,15,16)/b2-1+,5-3+. The van der Waals surface area contributed by atoms with E-state index in [1.54, 1.807) is 36.6 Å². The van der Waals surface area contributed by atoms with Gasteiger partial charge in [-0.3, -0.25) is 4.99 Å². The Morgan fingerprint density at radius 2 is 2.12 bits per heavy atom. The molecule has 0 saturated carbocycles. The zero-order chi connectivity index (χ0) is 11.6. The maximum atomic E-state index is 8.44. The van der Waals surface area contributed by atoms with Gasteiger partial charge < -0.3 is 10.6 Å². The maximum absolute atomic E-state index is 8.44. The molecule has 0 aromatic heterocycles. The second-order valence-electron chi connectivity index (χ2n) is 2.85. The highest BCUT2D eigenvalue weighted by atomic mass is 15.2. The van der Waals surface area contributed by atoms with Gasteiger partial charge in [-0.2, -0.15) is 10.5 Å². The van der Waals surface area contributed by atoms with Gasteiger partial charge in [-0.15, -0.1) is 0 Å². The summed E-state index contributed by atoms with van der Waals surface area (Å²) in [4.78, 5) is 4.13. The molecule has 5 heteroatoms. The van der Waals surface area contributed by atoms with Gasteiger partial charge in [0.05, 0.1) is 6.54 Å². The first-order valence-corrected chi connectivity index (χ1v) is 4.75. The lowest BCUT2D eigenvalue weighted by Gasteiger charge is -1.97. The minimum Gasteiger partial charge on any atom is -0.354 e. The quantitative estimate of drug-likeness (QED) is 0.530. The van der Waals surface area contributed by atoms with Crippen molar-refractivity contribution in [3.05, 3.63) is 36.1 Å². The summed E-state index contributed by atoms with van der Waals surface area (Å²) in [7, 11) is 0. The van der Waals surface area contributed by atoms with E-state index in [4.69, 9.17) is 10.5 Å². The lowest BCUT2D eigenvalue weighted by atomic mass is 10.3. The molecule has 80 valence electrons. The van der Waals surface area contributed by atoms with E-state index < -0.39 is 0 Å². The van der Waals surface area contributed by atoms with Gasteiger partial charge in [0.25, 0.3) is 0 Å². The topological polar surface area (TPSA) is 84.0 Å². The van der Waals surface area contributed by atoms with Gasteiger partial charge in [-0.25, -0.2) is 0 Å². The van der Waals surface area contributed by atoms with Crippen LogP contribution in [0.5, 0.6) is 0 Å². The molecule has 1 heterocycles. The van der Waals surface area contributed by atoms with Crippen LogP contribution in [0.2, 0.25) is 0 Å². The first-order valence-electron chi connectivity index (χ1n) is 4.75. The normalized spacial score (nSPS) is 14.0. The Morgan fingerprint density at radius 3 is 2.75 bits per heavy atom. The lowest BCUT2D eigenvalue weighted by Crippen LogP contribution is -2.29. The molecule has 0 aromatic rings. The van der Waals surface area contributed by atoms with Crippen LogP contribution in [0.25, 0.3) is 0 Å². The Balaban J connectivity index is 2.32. The Bertz CT molecular complexity index is 412. The van der Waals surface area contributed by atoms with Crippen LogP contribution in [0.3, 0.4) is 0 Å². The van der Waals surface area contributed by atoms with Crippen molar-refractivity contribution >= 4 is 5.96 Å². The molecule has 0 saturated heterocycles. The van der Waals surface area contributed by atoms with E-state index in [1.165, 1.54) is 6.08 Å². The summed E-state index contributed by atoms with van der Waals surface area (Å²) in [6.45, 7) is 1.66. The van der Waals surface area contributed by atoms with Crippen molar-refractivity contribution in [2.45, 2.75) is 0 Å². The van der Waals surface area contributed by atoms with E-state index in [9.17, 15) is 0 Å². The number of nitriles is 2. The number of hydrogen-bond acceptors (Lipinski definition) is 5. The fourth-order valence-corrected chi connectivity index (χ4v) is 0.993. The van der Waals surface area contributed by atoms with E-state index in [-0.39, 0.29) is 5.57 Å². The molecular weight excluding hydrogens is 202 g/mol. The lowest BCUT2D eigenvalue weighted by molar-refractivity contribution is 0.947.